The Morgan fingerprint density at radius 1 is 1.40 bits per heavy atom. The highest BCUT2D eigenvalue weighted by atomic mass is 32.1. The monoisotopic (exact) mass is 356 g/mol. The lowest BCUT2D eigenvalue weighted by molar-refractivity contribution is -0.124. The van der Waals surface area contributed by atoms with Crippen molar-refractivity contribution in [1.82, 2.24) is 14.6 Å². The second-order valence-electron chi connectivity index (χ2n) is 5.87. The van der Waals surface area contributed by atoms with Gasteiger partial charge in [0.25, 0.3) is 5.91 Å². The Kier molecular flexibility index (Phi) is 4.06. The summed E-state index contributed by atoms with van der Waals surface area (Å²) in [7, 11) is 0. The first-order valence-corrected chi connectivity index (χ1v) is 8.88. The van der Waals surface area contributed by atoms with Gasteiger partial charge in [-0.3, -0.25) is 9.59 Å². The van der Waals surface area contributed by atoms with Crippen molar-refractivity contribution in [3.63, 3.8) is 0 Å². The van der Waals surface area contributed by atoms with Crippen molar-refractivity contribution in [2.24, 2.45) is 0 Å². The summed E-state index contributed by atoms with van der Waals surface area (Å²) in [5, 5.41) is 9.19. The normalized spacial score (nSPS) is 17.1. The third kappa shape index (κ3) is 2.94. The van der Waals surface area contributed by atoms with Crippen LogP contribution in [0.5, 0.6) is 0 Å². The van der Waals surface area contributed by atoms with Gasteiger partial charge in [0, 0.05) is 17.6 Å². The largest absolute Gasteiger partial charge is 0.368 e. The molecule has 1 saturated heterocycles. The molecule has 1 aliphatic heterocycles. The molecule has 1 aromatic carbocycles. The SMILES string of the molecule is Cc1csc2nc(=O)c(-c3ccccc3NC(=O)[C@@H]3CCCO3)nn12. The summed E-state index contributed by atoms with van der Waals surface area (Å²) >= 11 is 1.37. The predicted molar refractivity (Wildman–Crippen MR) is 94.9 cm³/mol. The Morgan fingerprint density at radius 2 is 2.24 bits per heavy atom. The van der Waals surface area contributed by atoms with Crippen molar-refractivity contribution in [2.75, 3.05) is 11.9 Å². The summed E-state index contributed by atoms with van der Waals surface area (Å²) in [6.07, 6.45) is 1.14. The molecule has 0 unspecified atom stereocenters. The maximum Gasteiger partial charge on any atom is 0.300 e. The molecule has 3 heterocycles. The molecule has 0 radical (unpaired) electrons. The molecule has 1 fully saturated rings. The quantitative estimate of drug-likeness (QED) is 0.778. The number of anilines is 1. The average Bonchev–Trinajstić information content (AvgIpc) is 3.26. The third-order valence-electron chi connectivity index (χ3n) is 4.11. The van der Waals surface area contributed by atoms with Crippen LogP contribution in [0.1, 0.15) is 18.5 Å². The number of nitrogens with one attached hydrogen (secondary N) is 1. The Balaban J connectivity index is 1.76. The van der Waals surface area contributed by atoms with E-state index in [0.29, 0.717) is 29.2 Å². The van der Waals surface area contributed by atoms with Crippen LogP contribution in [0, 0.1) is 6.92 Å². The van der Waals surface area contributed by atoms with Crippen LogP contribution >= 0.6 is 11.3 Å². The second kappa shape index (κ2) is 6.38. The number of hydrogen-bond acceptors (Lipinski definition) is 6. The number of rotatable bonds is 3. The van der Waals surface area contributed by atoms with E-state index in [0.717, 1.165) is 12.1 Å². The molecule has 128 valence electrons. The van der Waals surface area contributed by atoms with Gasteiger partial charge >= 0.3 is 5.56 Å². The minimum absolute atomic E-state index is 0.203. The fraction of sp³-hybridized carbons (Fsp3) is 0.294. The minimum Gasteiger partial charge on any atom is -0.368 e. The van der Waals surface area contributed by atoms with E-state index in [1.165, 1.54) is 11.3 Å². The molecular weight excluding hydrogens is 340 g/mol. The van der Waals surface area contributed by atoms with E-state index >= 15 is 0 Å². The fourth-order valence-corrected chi connectivity index (χ4v) is 3.63. The number of carbonyl (C=O) groups is 1. The van der Waals surface area contributed by atoms with Crippen molar-refractivity contribution >= 4 is 27.9 Å². The Hall–Kier alpha value is -2.58. The molecule has 1 amide bonds. The van der Waals surface area contributed by atoms with E-state index in [1.807, 2.05) is 12.3 Å². The van der Waals surface area contributed by atoms with E-state index in [1.54, 1.807) is 28.8 Å². The van der Waals surface area contributed by atoms with Crippen molar-refractivity contribution in [2.45, 2.75) is 25.9 Å². The van der Waals surface area contributed by atoms with Crippen LogP contribution < -0.4 is 10.9 Å². The van der Waals surface area contributed by atoms with Gasteiger partial charge in [0.2, 0.25) is 4.96 Å². The Morgan fingerprint density at radius 3 is 3.04 bits per heavy atom. The van der Waals surface area contributed by atoms with Crippen LogP contribution in [0.15, 0.2) is 34.4 Å². The summed E-state index contributed by atoms with van der Waals surface area (Å²) in [6, 6.07) is 7.10. The number of aryl methyl sites for hydroxylation is 1. The molecule has 2 aromatic heterocycles. The smallest absolute Gasteiger partial charge is 0.300 e. The van der Waals surface area contributed by atoms with E-state index in [-0.39, 0.29) is 11.6 Å². The number of thiazole rings is 1. The van der Waals surface area contributed by atoms with Crippen LogP contribution in [0.4, 0.5) is 5.69 Å². The maximum atomic E-state index is 12.4. The van der Waals surface area contributed by atoms with Crippen LogP contribution in [-0.4, -0.2) is 33.2 Å². The summed E-state index contributed by atoms with van der Waals surface area (Å²) < 4.78 is 7.05. The number of nitrogens with zero attached hydrogens (tertiary/aromatic N) is 3. The van der Waals surface area contributed by atoms with E-state index in [4.69, 9.17) is 4.74 Å². The lowest BCUT2D eigenvalue weighted by Gasteiger charge is -2.13. The third-order valence-corrected chi connectivity index (χ3v) is 5.05. The minimum atomic E-state index is -0.443. The lowest BCUT2D eigenvalue weighted by atomic mass is 10.1. The van der Waals surface area contributed by atoms with Crippen LogP contribution in [0.25, 0.3) is 16.2 Å². The highest BCUT2D eigenvalue weighted by molar-refractivity contribution is 7.15. The topological polar surface area (TPSA) is 85.6 Å². The summed E-state index contributed by atoms with van der Waals surface area (Å²) in [5.74, 6) is -0.203. The van der Waals surface area contributed by atoms with Gasteiger partial charge in [-0.2, -0.15) is 10.1 Å². The van der Waals surface area contributed by atoms with Gasteiger partial charge in [0.1, 0.15) is 6.10 Å². The lowest BCUT2D eigenvalue weighted by Crippen LogP contribution is -2.27. The first kappa shape index (κ1) is 15.9. The summed E-state index contributed by atoms with van der Waals surface area (Å²) in [5.41, 5.74) is 1.77. The number of amides is 1. The number of benzene rings is 1. The maximum absolute atomic E-state index is 12.4. The van der Waals surface area contributed by atoms with Gasteiger partial charge in [-0.05, 0) is 25.8 Å². The molecule has 25 heavy (non-hydrogen) atoms. The molecule has 1 aliphatic rings. The number of aromatic nitrogens is 3. The van der Waals surface area contributed by atoms with Crippen molar-refractivity contribution in [3.05, 3.63) is 45.7 Å². The molecule has 8 heteroatoms. The standard InChI is InChI=1S/C17H16N4O3S/c1-10-9-25-17-19-16(23)14(20-21(10)17)11-5-2-3-6-12(11)18-15(22)13-7-4-8-24-13/h2-3,5-6,9,13H,4,7-8H2,1H3,(H,18,22)/t13-/m0/s1. The molecule has 1 N–H and O–H groups in total. The van der Waals surface area contributed by atoms with Gasteiger partial charge in [-0.25, -0.2) is 4.52 Å². The molecule has 0 aliphatic carbocycles. The number of ether oxygens (including phenoxy) is 1. The van der Waals surface area contributed by atoms with Crippen LogP contribution in [0.2, 0.25) is 0 Å². The molecule has 0 spiro atoms. The average molecular weight is 356 g/mol. The van der Waals surface area contributed by atoms with Gasteiger partial charge < -0.3 is 10.1 Å². The number of hydrogen-bond donors (Lipinski definition) is 1. The van der Waals surface area contributed by atoms with Crippen LogP contribution in [-0.2, 0) is 9.53 Å². The van der Waals surface area contributed by atoms with Gasteiger partial charge in [-0.15, -0.1) is 11.3 Å². The number of fused-ring (bicyclic) bond motifs is 1. The Bertz CT molecular complexity index is 1000. The van der Waals surface area contributed by atoms with Crippen molar-refractivity contribution in [3.8, 4) is 11.3 Å². The van der Waals surface area contributed by atoms with Gasteiger partial charge in [-0.1, -0.05) is 18.2 Å². The van der Waals surface area contributed by atoms with Gasteiger partial charge in [0.15, 0.2) is 5.69 Å². The van der Waals surface area contributed by atoms with Crippen LogP contribution in [0.3, 0.4) is 0 Å². The highest BCUT2D eigenvalue weighted by Crippen LogP contribution is 2.25. The molecular formula is C17H16N4O3S. The summed E-state index contributed by atoms with van der Waals surface area (Å²) in [4.78, 5) is 29.4. The predicted octanol–water partition coefficient (Wildman–Crippen LogP) is 2.24. The van der Waals surface area contributed by atoms with Gasteiger partial charge in [0.05, 0.1) is 11.4 Å². The van der Waals surface area contributed by atoms with E-state index in [9.17, 15) is 9.59 Å². The number of carbonyl (C=O) groups excluding carboxylic acids is 1. The molecule has 7 nitrogen and oxygen atoms in total. The Labute approximate surface area is 147 Å². The van der Waals surface area contributed by atoms with E-state index < -0.39 is 11.7 Å². The first-order chi connectivity index (χ1) is 12.1. The first-order valence-electron chi connectivity index (χ1n) is 8.00. The number of para-hydroxylation sites is 1. The van der Waals surface area contributed by atoms with Crippen molar-refractivity contribution < 1.29 is 9.53 Å². The fourth-order valence-electron chi connectivity index (χ4n) is 2.83. The van der Waals surface area contributed by atoms with Crippen molar-refractivity contribution in [1.29, 1.82) is 0 Å². The summed E-state index contributed by atoms with van der Waals surface area (Å²) in [6.45, 7) is 2.50. The molecule has 0 saturated carbocycles. The molecule has 0 bridgehead atoms. The highest BCUT2D eigenvalue weighted by Gasteiger charge is 2.24. The van der Waals surface area contributed by atoms with E-state index in [2.05, 4.69) is 15.4 Å². The molecule has 4 rings (SSSR count). The molecule has 3 aromatic rings. The zero-order valence-electron chi connectivity index (χ0n) is 13.6. The zero-order valence-corrected chi connectivity index (χ0v) is 14.4. The second-order valence-corrected chi connectivity index (χ2v) is 6.71. The zero-order chi connectivity index (χ0) is 17.4. The molecule has 1 atom stereocenters.